The summed E-state index contributed by atoms with van der Waals surface area (Å²) >= 11 is 1.74. The van der Waals surface area contributed by atoms with E-state index >= 15 is 0 Å². The van der Waals surface area contributed by atoms with Gasteiger partial charge in [-0.2, -0.15) is 0 Å². The van der Waals surface area contributed by atoms with Crippen molar-refractivity contribution in [3.05, 3.63) is 52.5 Å². The zero-order chi connectivity index (χ0) is 14.5. The molecule has 0 aliphatic carbocycles. The van der Waals surface area contributed by atoms with Crippen molar-refractivity contribution in [1.29, 1.82) is 0 Å². The number of nitrogens with zero attached hydrogens (tertiary/aromatic N) is 2. The summed E-state index contributed by atoms with van der Waals surface area (Å²) in [5.74, 6) is 0. The van der Waals surface area contributed by atoms with Crippen molar-refractivity contribution in [3.63, 3.8) is 0 Å². The number of hydrogen-bond acceptors (Lipinski definition) is 4. The monoisotopic (exact) mass is 301 g/mol. The minimum Gasteiger partial charge on any atom is -0.304 e. The van der Waals surface area contributed by atoms with Gasteiger partial charge in [0.25, 0.3) is 0 Å². The Bertz CT molecular complexity index is 526. The van der Waals surface area contributed by atoms with Gasteiger partial charge in [0.05, 0.1) is 6.04 Å². The molecule has 1 fully saturated rings. The molecule has 0 saturated carbocycles. The molecule has 1 aromatic carbocycles. The lowest BCUT2D eigenvalue weighted by Crippen LogP contribution is -2.34. The van der Waals surface area contributed by atoms with Crippen molar-refractivity contribution in [2.24, 2.45) is 0 Å². The molecule has 3 nitrogen and oxygen atoms in total. The summed E-state index contributed by atoms with van der Waals surface area (Å²) in [7, 11) is 0. The van der Waals surface area contributed by atoms with E-state index in [1.165, 1.54) is 23.5 Å². The minimum absolute atomic E-state index is 0.365. The van der Waals surface area contributed by atoms with Gasteiger partial charge in [-0.3, -0.25) is 0 Å². The molecule has 2 atom stereocenters. The first-order valence-electron chi connectivity index (χ1n) is 7.73. The number of hydrogen-bond donors (Lipinski definition) is 1. The summed E-state index contributed by atoms with van der Waals surface area (Å²) in [6, 6.07) is 11.7. The Balaban J connectivity index is 1.43. The average Bonchev–Trinajstić information content (AvgIpc) is 3.18. The molecule has 21 heavy (non-hydrogen) atoms. The van der Waals surface area contributed by atoms with E-state index in [1.54, 1.807) is 11.3 Å². The smallest absolute Gasteiger partial charge is 0.109 e. The number of thiazole rings is 1. The van der Waals surface area contributed by atoms with E-state index in [4.69, 9.17) is 0 Å². The lowest BCUT2D eigenvalue weighted by molar-refractivity contribution is 0.327. The van der Waals surface area contributed by atoms with E-state index in [1.807, 2.05) is 11.6 Å². The molecular formula is C17H23N3S. The number of likely N-dealkylation sites (tertiary alicyclic amines) is 1. The van der Waals surface area contributed by atoms with E-state index in [0.717, 1.165) is 19.5 Å². The molecule has 2 unspecified atom stereocenters. The van der Waals surface area contributed by atoms with Crippen LogP contribution in [0.25, 0.3) is 0 Å². The van der Waals surface area contributed by atoms with Gasteiger partial charge in [-0.15, -0.1) is 11.3 Å². The molecule has 0 radical (unpaired) electrons. The summed E-state index contributed by atoms with van der Waals surface area (Å²) in [6.45, 7) is 5.73. The van der Waals surface area contributed by atoms with Crippen LogP contribution in [0.3, 0.4) is 0 Å². The van der Waals surface area contributed by atoms with Gasteiger partial charge in [0.2, 0.25) is 0 Å². The maximum Gasteiger partial charge on any atom is 0.109 e. The van der Waals surface area contributed by atoms with Crippen LogP contribution in [0.4, 0.5) is 0 Å². The molecule has 1 aliphatic rings. The summed E-state index contributed by atoms with van der Waals surface area (Å²) in [4.78, 5) is 6.96. The van der Waals surface area contributed by atoms with Gasteiger partial charge in [0.15, 0.2) is 0 Å². The van der Waals surface area contributed by atoms with Gasteiger partial charge in [-0.1, -0.05) is 30.3 Å². The molecule has 0 spiro atoms. The van der Waals surface area contributed by atoms with Gasteiger partial charge >= 0.3 is 0 Å². The summed E-state index contributed by atoms with van der Waals surface area (Å²) < 4.78 is 0. The minimum atomic E-state index is 0.365. The Morgan fingerprint density at radius 2 is 2.24 bits per heavy atom. The van der Waals surface area contributed by atoms with E-state index in [2.05, 4.69) is 52.5 Å². The normalized spacial score (nSPS) is 20.7. The van der Waals surface area contributed by atoms with Crippen LogP contribution in [-0.4, -0.2) is 35.6 Å². The van der Waals surface area contributed by atoms with Crippen molar-refractivity contribution in [2.45, 2.75) is 31.8 Å². The van der Waals surface area contributed by atoms with Crippen LogP contribution < -0.4 is 5.32 Å². The third-order valence-corrected chi connectivity index (χ3v) is 5.10. The third-order valence-electron chi connectivity index (χ3n) is 4.14. The first-order valence-corrected chi connectivity index (χ1v) is 8.61. The number of rotatable bonds is 6. The Morgan fingerprint density at radius 3 is 3.00 bits per heavy atom. The van der Waals surface area contributed by atoms with Crippen LogP contribution in [-0.2, 0) is 6.42 Å². The fourth-order valence-corrected chi connectivity index (χ4v) is 3.63. The van der Waals surface area contributed by atoms with E-state index in [0.29, 0.717) is 12.1 Å². The predicted molar refractivity (Wildman–Crippen MR) is 88.7 cm³/mol. The standard InChI is InChI=1S/C17H23N3S/c1-14(17-18-9-12-21-17)19-16-8-11-20(13-16)10-7-15-5-3-2-4-6-15/h2-6,9,12,14,16,19H,7-8,10-11,13H2,1H3. The van der Waals surface area contributed by atoms with Crippen LogP contribution >= 0.6 is 11.3 Å². The van der Waals surface area contributed by atoms with Gasteiger partial charge in [-0.25, -0.2) is 4.98 Å². The van der Waals surface area contributed by atoms with Crippen LogP contribution in [0.5, 0.6) is 0 Å². The molecule has 0 bridgehead atoms. The predicted octanol–water partition coefficient (Wildman–Crippen LogP) is 3.11. The SMILES string of the molecule is CC(NC1CCN(CCc2ccccc2)C1)c1nccs1. The fourth-order valence-electron chi connectivity index (χ4n) is 2.98. The van der Waals surface area contributed by atoms with Crippen molar-refractivity contribution < 1.29 is 0 Å². The quantitative estimate of drug-likeness (QED) is 0.888. The van der Waals surface area contributed by atoms with Gasteiger partial charge in [-0.05, 0) is 31.9 Å². The van der Waals surface area contributed by atoms with Crippen molar-refractivity contribution in [1.82, 2.24) is 15.2 Å². The molecule has 0 amide bonds. The highest BCUT2D eigenvalue weighted by Gasteiger charge is 2.24. The maximum atomic E-state index is 4.40. The highest BCUT2D eigenvalue weighted by Crippen LogP contribution is 2.18. The second-order valence-electron chi connectivity index (χ2n) is 5.78. The average molecular weight is 301 g/mol. The Labute approximate surface area is 131 Å². The third kappa shape index (κ3) is 4.13. The van der Waals surface area contributed by atoms with Crippen molar-refractivity contribution in [2.75, 3.05) is 19.6 Å². The first kappa shape index (κ1) is 14.7. The summed E-state index contributed by atoms with van der Waals surface area (Å²) in [5, 5.41) is 6.96. The molecule has 2 heterocycles. The molecule has 3 rings (SSSR count). The largest absolute Gasteiger partial charge is 0.304 e. The van der Waals surface area contributed by atoms with Crippen molar-refractivity contribution >= 4 is 11.3 Å². The number of benzene rings is 1. The topological polar surface area (TPSA) is 28.2 Å². The van der Waals surface area contributed by atoms with Crippen LogP contribution in [0, 0.1) is 0 Å². The van der Waals surface area contributed by atoms with Crippen LogP contribution in [0.1, 0.15) is 30.0 Å². The molecule has 112 valence electrons. The van der Waals surface area contributed by atoms with E-state index < -0.39 is 0 Å². The zero-order valence-electron chi connectivity index (χ0n) is 12.5. The van der Waals surface area contributed by atoms with E-state index in [-0.39, 0.29) is 0 Å². The molecule has 2 aromatic rings. The zero-order valence-corrected chi connectivity index (χ0v) is 13.4. The van der Waals surface area contributed by atoms with Crippen LogP contribution in [0.2, 0.25) is 0 Å². The molecule has 4 heteroatoms. The molecule has 1 aromatic heterocycles. The first-order chi connectivity index (χ1) is 10.3. The Hall–Kier alpha value is -1.23. The second-order valence-corrected chi connectivity index (χ2v) is 6.71. The highest BCUT2D eigenvalue weighted by molar-refractivity contribution is 7.09. The summed E-state index contributed by atoms with van der Waals surface area (Å²) in [5.41, 5.74) is 1.44. The van der Waals surface area contributed by atoms with Crippen molar-refractivity contribution in [3.8, 4) is 0 Å². The summed E-state index contributed by atoms with van der Waals surface area (Å²) in [6.07, 6.45) is 4.28. The molecule has 1 N–H and O–H groups in total. The van der Waals surface area contributed by atoms with Gasteiger partial charge in [0.1, 0.15) is 5.01 Å². The lowest BCUT2D eigenvalue weighted by Gasteiger charge is -2.19. The number of aromatic nitrogens is 1. The highest BCUT2D eigenvalue weighted by atomic mass is 32.1. The van der Waals surface area contributed by atoms with E-state index in [9.17, 15) is 0 Å². The Kier molecular flexibility index (Phi) is 5.01. The molecule has 1 saturated heterocycles. The van der Waals surface area contributed by atoms with Gasteiger partial charge in [0, 0.05) is 30.7 Å². The molecular weight excluding hydrogens is 278 g/mol. The fraction of sp³-hybridized carbons (Fsp3) is 0.471. The number of nitrogens with one attached hydrogen (secondary N) is 1. The second kappa shape index (κ2) is 7.16. The Morgan fingerprint density at radius 1 is 1.38 bits per heavy atom. The molecule has 1 aliphatic heterocycles. The maximum absolute atomic E-state index is 4.40. The lowest BCUT2D eigenvalue weighted by atomic mass is 10.1. The van der Waals surface area contributed by atoms with Crippen LogP contribution in [0.15, 0.2) is 41.9 Å². The van der Waals surface area contributed by atoms with Gasteiger partial charge < -0.3 is 10.2 Å².